The summed E-state index contributed by atoms with van der Waals surface area (Å²) in [6.45, 7) is 7.30. The van der Waals surface area contributed by atoms with Gasteiger partial charge in [-0.15, -0.1) is 0 Å². The first kappa shape index (κ1) is 9.25. The molecule has 0 heterocycles. The predicted octanol–water partition coefficient (Wildman–Crippen LogP) is 1.59. The Morgan fingerprint density at radius 3 is 2.69 bits per heavy atom. The van der Waals surface area contributed by atoms with Crippen molar-refractivity contribution in [3.05, 3.63) is 24.3 Å². The normalized spacial score (nSPS) is 8.92. The van der Waals surface area contributed by atoms with Crippen LogP contribution in [0.5, 0.6) is 0 Å². The van der Waals surface area contributed by atoms with E-state index < -0.39 is 0 Å². The van der Waals surface area contributed by atoms with Gasteiger partial charge in [-0.3, -0.25) is 10.4 Å². The highest BCUT2D eigenvalue weighted by atomic mass is 15.3. The van der Waals surface area contributed by atoms with Crippen molar-refractivity contribution in [2.24, 2.45) is 10.1 Å². The monoisotopic (exact) mass is 176 g/mol. The molecule has 0 unspecified atom stereocenters. The summed E-state index contributed by atoms with van der Waals surface area (Å²) >= 11 is 0. The van der Waals surface area contributed by atoms with Gasteiger partial charge in [-0.2, -0.15) is 5.10 Å². The average Bonchev–Trinajstić information content (AvgIpc) is 2.19. The Labute approximate surface area is 77.4 Å². The highest BCUT2D eigenvalue weighted by Crippen LogP contribution is 2.22. The zero-order valence-corrected chi connectivity index (χ0v) is 7.33. The van der Waals surface area contributed by atoms with Crippen LogP contribution in [0.3, 0.4) is 0 Å². The van der Waals surface area contributed by atoms with Crippen LogP contribution in [0, 0.1) is 0 Å². The van der Waals surface area contributed by atoms with Crippen molar-refractivity contribution >= 4 is 24.8 Å². The highest BCUT2D eigenvalue weighted by Gasteiger charge is 1.95. The topological polar surface area (TPSA) is 48.8 Å². The van der Waals surface area contributed by atoms with E-state index in [0.29, 0.717) is 6.67 Å². The lowest BCUT2D eigenvalue weighted by Gasteiger charge is -2.07. The molecule has 68 valence electrons. The first-order valence-electron chi connectivity index (χ1n) is 3.86. The lowest BCUT2D eigenvalue weighted by molar-refractivity contribution is 0.800. The molecular formula is C9H12N4. The number of para-hydroxylation sites is 2. The summed E-state index contributed by atoms with van der Waals surface area (Å²) in [5.74, 6) is 0. The van der Waals surface area contributed by atoms with Gasteiger partial charge in [0.25, 0.3) is 0 Å². The van der Waals surface area contributed by atoms with Gasteiger partial charge in [0.15, 0.2) is 0 Å². The quantitative estimate of drug-likeness (QED) is 0.310. The molecular weight excluding hydrogens is 164 g/mol. The van der Waals surface area contributed by atoms with E-state index >= 15 is 0 Å². The summed E-state index contributed by atoms with van der Waals surface area (Å²) < 4.78 is 0. The third kappa shape index (κ3) is 2.59. The Morgan fingerprint density at radius 2 is 2.00 bits per heavy atom. The van der Waals surface area contributed by atoms with Gasteiger partial charge in [0.1, 0.15) is 6.67 Å². The van der Waals surface area contributed by atoms with Crippen LogP contribution in [0.25, 0.3) is 0 Å². The van der Waals surface area contributed by atoms with E-state index in [1.165, 1.54) is 0 Å². The fraction of sp³-hybridized carbons (Fsp3) is 0.111. The number of nitrogens with zero attached hydrogens (tertiary/aromatic N) is 2. The molecule has 0 spiro atoms. The van der Waals surface area contributed by atoms with Gasteiger partial charge in [0, 0.05) is 6.72 Å². The van der Waals surface area contributed by atoms with E-state index in [4.69, 9.17) is 0 Å². The number of benzene rings is 1. The minimum atomic E-state index is 0.524. The Kier molecular flexibility index (Phi) is 3.50. The number of rotatable bonds is 5. The third-order valence-corrected chi connectivity index (χ3v) is 1.54. The molecule has 0 amide bonds. The molecule has 4 nitrogen and oxygen atoms in total. The van der Waals surface area contributed by atoms with Gasteiger partial charge < -0.3 is 5.32 Å². The van der Waals surface area contributed by atoms with Crippen molar-refractivity contribution in [3.63, 3.8) is 0 Å². The first-order chi connectivity index (χ1) is 6.38. The Balaban J connectivity index is 2.63. The second-order valence-corrected chi connectivity index (χ2v) is 2.35. The Hall–Kier alpha value is -1.84. The first-order valence-corrected chi connectivity index (χ1v) is 3.86. The Bertz CT molecular complexity index is 295. The molecule has 1 rings (SSSR count). The molecule has 0 atom stereocenters. The summed E-state index contributed by atoms with van der Waals surface area (Å²) in [6, 6.07) is 7.65. The van der Waals surface area contributed by atoms with Gasteiger partial charge in [0.2, 0.25) is 0 Å². The number of nitrogens with one attached hydrogen (secondary N) is 2. The van der Waals surface area contributed by atoms with Crippen molar-refractivity contribution in [2.75, 3.05) is 12.0 Å². The predicted molar refractivity (Wildman–Crippen MR) is 56.8 cm³/mol. The van der Waals surface area contributed by atoms with E-state index in [-0.39, 0.29) is 0 Å². The van der Waals surface area contributed by atoms with Gasteiger partial charge in [-0.1, -0.05) is 12.1 Å². The van der Waals surface area contributed by atoms with E-state index in [0.717, 1.165) is 11.4 Å². The summed E-state index contributed by atoms with van der Waals surface area (Å²) in [5.41, 5.74) is 4.44. The molecule has 4 heteroatoms. The van der Waals surface area contributed by atoms with Gasteiger partial charge in [-0.25, -0.2) is 0 Å². The fourth-order valence-electron chi connectivity index (χ4n) is 0.952. The maximum atomic E-state index is 3.86. The standard InChI is InChI=1S/C9H12N4/c1-10-8-5-3-4-6-9(8)12-7-13-11-2/h3-6,12-13H,1-2,7H2. The minimum Gasteiger partial charge on any atom is -0.365 e. The molecule has 0 aliphatic rings. The molecule has 0 radical (unpaired) electrons. The smallest absolute Gasteiger partial charge is 0.101 e. The molecule has 0 aliphatic carbocycles. The van der Waals surface area contributed by atoms with Crippen molar-refractivity contribution in [1.29, 1.82) is 0 Å². The van der Waals surface area contributed by atoms with Crippen LogP contribution in [-0.4, -0.2) is 20.1 Å². The zero-order valence-electron chi connectivity index (χ0n) is 7.33. The molecule has 0 saturated carbocycles. The van der Waals surface area contributed by atoms with E-state index in [9.17, 15) is 0 Å². The largest absolute Gasteiger partial charge is 0.365 e. The lowest BCUT2D eigenvalue weighted by Crippen LogP contribution is -2.15. The number of aliphatic imine (C=N–C) groups is 1. The molecule has 0 aromatic heterocycles. The molecule has 13 heavy (non-hydrogen) atoms. The average molecular weight is 176 g/mol. The van der Waals surface area contributed by atoms with E-state index in [1.807, 2.05) is 24.3 Å². The maximum Gasteiger partial charge on any atom is 0.101 e. The van der Waals surface area contributed by atoms with Crippen LogP contribution in [0.1, 0.15) is 0 Å². The molecule has 0 saturated heterocycles. The van der Waals surface area contributed by atoms with E-state index in [2.05, 4.69) is 34.3 Å². The molecule has 0 bridgehead atoms. The zero-order chi connectivity index (χ0) is 9.52. The summed E-state index contributed by atoms with van der Waals surface area (Å²) in [5, 5.41) is 6.58. The molecule has 2 N–H and O–H groups in total. The van der Waals surface area contributed by atoms with Gasteiger partial charge in [0.05, 0.1) is 11.4 Å². The molecule has 0 fully saturated rings. The minimum absolute atomic E-state index is 0.524. The van der Waals surface area contributed by atoms with E-state index in [1.54, 1.807) is 0 Å². The van der Waals surface area contributed by atoms with Crippen LogP contribution >= 0.6 is 0 Å². The second-order valence-electron chi connectivity index (χ2n) is 2.35. The number of hydrazone groups is 1. The van der Waals surface area contributed by atoms with Crippen LogP contribution in [0.2, 0.25) is 0 Å². The molecule has 1 aromatic rings. The molecule has 1 aromatic carbocycles. The van der Waals surface area contributed by atoms with Gasteiger partial charge in [-0.05, 0) is 18.9 Å². The van der Waals surface area contributed by atoms with Crippen LogP contribution in [0.4, 0.5) is 11.4 Å². The summed E-state index contributed by atoms with van der Waals surface area (Å²) in [4.78, 5) is 3.86. The second kappa shape index (κ2) is 4.92. The fourth-order valence-corrected chi connectivity index (χ4v) is 0.952. The van der Waals surface area contributed by atoms with Crippen molar-refractivity contribution in [2.45, 2.75) is 0 Å². The highest BCUT2D eigenvalue weighted by molar-refractivity contribution is 5.67. The van der Waals surface area contributed by atoms with Crippen molar-refractivity contribution in [3.8, 4) is 0 Å². The SMILES string of the molecule is C=NNCNc1ccccc1N=C. The van der Waals surface area contributed by atoms with Crippen molar-refractivity contribution < 1.29 is 0 Å². The lowest BCUT2D eigenvalue weighted by atomic mass is 10.3. The summed E-state index contributed by atoms with van der Waals surface area (Å²) in [7, 11) is 0. The van der Waals surface area contributed by atoms with Gasteiger partial charge >= 0.3 is 0 Å². The molecule has 0 aliphatic heterocycles. The number of hydrogen-bond donors (Lipinski definition) is 2. The van der Waals surface area contributed by atoms with Crippen LogP contribution in [-0.2, 0) is 0 Å². The summed E-state index contributed by atoms with van der Waals surface area (Å²) in [6.07, 6.45) is 0. The number of anilines is 1. The van der Waals surface area contributed by atoms with Crippen LogP contribution in [0.15, 0.2) is 34.4 Å². The van der Waals surface area contributed by atoms with Crippen molar-refractivity contribution in [1.82, 2.24) is 5.43 Å². The van der Waals surface area contributed by atoms with Crippen LogP contribution < -0.4 is 10.7 Å². The Morgan fingerprint density at radius 1 is 1.23 bits per heavy atom. The third-order valence-electron chi connectivity index (χ3n) is 1.54. The number of hydrogen-bond acceptors (Lipinski definition) is 4. The maximum absolute atomic E-state index is 3.86.